The molecule has 0 saturated carbocycles. The average molecular weight is 382 g/mol. The lowest BCUT2D eigenvalue weighted by Gasteiger charge is -2.20. The molecule has 0 fully saturated rings. The maximum atomic E-state index is 11.7. The van der Waals surface area contributed by atoms with Gasteiger partial charge in [0, 0.05) is 6.54 Å². The molecule has 140 valence electrons. The Balaban J connectivity index is 1.88. The Morgan fingerprint density at radius 1 is 1.23 bits per heavy atom. The fourth-order valence-corrected chi connectivity index (χ4v) is 2.44. The summed E-state index contributed by atoms with van der Waals surface area (Å²) in [6, 6.07) is 11.8. The molecule has 0 aliphatic rings. The lowest BCUT2D eigenvalue weighted by molar-refractivity contribution is 0.0183. The monoisotopic (exact) mass is 381 g/mol. The van der Waals surface area contributed by atoms with Gasteiger partial charge in [-0.25, -0.2) is 4.79 Å². The number of phenolic OH excluding ortho intramolecular Hbond substituents is 1. The molecule has 0 aromatic heterocycles. The molecule has 0 bridgehead atoms. The standard InChI is InChI=1S/C18H20ClNO6/c1-25-15-8-12(7-13(19)17(15)23)16(22)14(21)9-20-18(24)26-10-11-5-3-2-4-6-11/h2-8,14,16,21-23H,9-10H2,1H3,(H,20,24). The highest BCUT2D eigenvalue weighted by Gasteiger charge is 2.22. The molecule has 4 N–H and O–H groups in total. The minimum absolute atomic E-state index is 0.0270. The molecule has 0 saturated heterocycles. The van der Waals surface area contributed by atoms with Gasteiger partial charge in [0.25, 0.3) is 0 Å². The average Bonchev–Trinajstić information content (AvgIpc) is 2.66. The van der Waals surface area contributed by atoms with E-state index in [0.29, 0.717) is 0 Å². The molecular weight excluding hydrogens is 362 g/mol. The fourth-order valence-electron chi connectivity index (χ4n) is 2.22. The number of phenols is 1. The molecule has 2 unspecified atom stereocenters. The van der Waals surface area contributed by atoms with Crippen LogP contribution in [0.5, 0.6) is 11.5 Å². The summed E-state index contributed by atoms with van der Waals surface area (Å²) in [5.74, 6) is -0.198. The van der Waals surface area contributed by atoms with E-state index < -0.39 is 18.3 Å². The molecule has 0 aliphatic carbocycles. The Bertz CT molecular complexity index is 740. The number of carbonyl (C=O) groups is 1. The number of halogens is 1. The summed E-state index contributed by atoms with van der Waals surface area (Å²) in [6.45, 7) is -0.147. The highest BCUT2D eigenvalue weighted by atomic mass is 35.5. The van der Waals surface area contributed by atoms with Crippen LogP contribution in [-0.2, 0) is 11.3 Å². The lowest BCUT2D eigenvalue weighted by Crippen LogP contribution is -2.35. The first-order chi connectivity index (χ1) is 12.4. The highest BCUT2D eigenvalue weighted by molar-refractivity contribution is 6.32. The summed E-state index contributed by atoms with van der Waals surface area (Å²) >= 11 is 5.86. The number of aliphatic hydroxyl groups excluding tert-OH is 2. The third kappa shape index (κ3) is 5.26. The van der Waals surface area contributed by atoms with E-state index in [1.54, 1.807) is 0 Å². The van der Waals surface area contributed by atoms with Crippen molar-refractivity contribution in [1.82, 2.24) is 5.32 Å². The second kappa shape index (κ2) is 9.28. The Labute approximate surface area is 155 Å². The van der Waals surface area contributed by atoms with Crippen LogP contribution in [0.4, 0.5) is 4.79 Å². The number of hydrogen-bond acceptors (Lipinski definition) is 6. The van der Waals surface area contributed by atoms with Crippen LogP contribution in [0.3, 0.4) is 0 Å². The fraction of sp³-hybridized carbons (Fsp3) is 0.278. The second-order valence-corrected chi connectivity index (χ2v) is 5.92. The second-order valence-electron chi connectivity index (χ2n) is 5.51. The third-order valence-corrected chi connectivity index (χ3v) is 3.93. The highest BCUT2D eigenvalue weighted by Crippen LogP contribution is 2.37. The maximum Gasteiger partial charge on any atom is 0.407 e. The van der Waals surface area contributed by atoms with E-state index in [9.17, 15) is 20.1 Å². The van der Waals surface area contributed by atoms with Crippen molar-refractivity contribution in [3.63, 3.8) is 0 Å². The molecule has 26 heavy (non-hydrogen) atoms. The third-order valence-electron chi connectivity index (χ3n) is 3.64. The topological polar surface area (TPSA) is 108 Å². The number of alkyl carbamates (subject to hydrolysis) is 1. The van der Waals surface area contributed by atoms with E-state index in [0.717, 1.165) is 5.56 Å². The number of methoxy groups -OCH3 is 1. The van der Waals surface area contributed by atoms with E-state index >= 15 is 0 Å². The van der Waals surface area contributed by atoms with E-state index in [1.807, 2.05) is 30.3 Å². The molecule has 1 amide bonds. The molecular formula is C18H20ClNO6. The smallest absolute Gasteiger partial charge is 0.407 e. The van der Waals surface area contributed by atoms with Gasteiger partial charge in [-0.1, -0.05) is 41.9 Å². The van der Waals surface area contributed by atoms with Crippen molar-refractivity contribution in [3.8, 4) is 11.5 Å². The summed E-state index contributed by atoms with van der Waals surface area (Å²) in [4.78, 5) is 11.7. The number of aliphatic hydroxyl groups is 2. The van der Waals surface area contributed by atoms with Crippen LogP contribution in [0.15, 0.2) is 42.5 Å². The summed E-state index contributed by atoms with van der Waals surface area (Å²) in [5, 5.41) is 32.3. The van der Waals surface area contributed by atoms with Gasteiger partial charge >= 0.3 is 6.09 Å². The number of benzene rings is 2. The Hall–Kier alpha value is -2.48. The van der Waals surface area contributed by atoms with Gasteiger partial charge in [-0.3, -0.25) is 0 Å². The molecule has 2 rings (SSSR count). The molecule has 7 nitrogen and oxygen atoms in total. The van der Waals surface area contributed by atoms with Crippen molar-refractivity contribution in [2.24, 2.45) is 0 Å². The number of hydrogen-bond donors (Lipinski definition) is 4. The predicted molar refractivity (Wildman–Crippen MR) is 95.3 cm³/mol. The SMILES string of the molecule is COc1cc(C(O)C(O)CNC(=O)OCc2ccccc2)cc(Cl)c1O. The molecule has 2 atom stereocenters. The van der Waals surface area contributed by atoms with Crippen LogP contribution in [0.25, 0.3) is 0 Å². The number of amides is 1. The molecule has 0 radical (unpaired) electrons. The summed E-state index contributed by atoms with van der Waals surface area (Å²) in [7, 11) is 1.34. The van der Waals surface area contributed by atoms with E-state index in [4.69, 9.17) is 21.1 Å². The zero-order valence-electron chi connectivity index (χ0n) is 14.1. The van der Waals surface area contributed by atoms with Crippen LogP contribution in [0, 0.1) is 0 Å². The number of aromatic hydroxyl groups is 1. The summed E-state index contributed by atoms with van der Waals surface area (Å²) < 4.78 is 9.97. The van der Waals surface area contributed by atoms with Crippen molar-refractivity contribution in [3.05, 3.63) is 58.6 Å². The van der Waals surface area contributed by atoms with Gasteiger partial charge in [0.2, 0.25) is 0 Å². The molecule has 2 aromatic carbocycles. The number of rotatable bonds is 7. The first-order valence-corrected chi connectivity index (χ1v) is 8.17. The maximum absolute atomic E-state index is 11.7. The Morgan fingerprint density at radius 2 is 1.92 bits per heavy atom. The first-order valence-electron chi connectivity index (χ1n) is 7.79. The molecule has 8 heteroatoms. The van der Waals surface area contributed by atoms with Crippen molar-refractivity contribution >= 4 is 17.7 Å². The number of nitrogens with one attached hydrogen (secondary N) is 1. The molecule has 0 aliphatic heterocycles. The minimum atomic E-state index is -1.35. The van der Waals surface area contributed by atoms with Crippen LogP contribution in [-0.4, -0.2) is 41.2 Å². The normalized spacial score (nSPS) is 12.9. The van der Waals surface area contributed by atoms with Crippen LogP contribution < -0.4 is 10.1 Å². The molecule has 0 spiro atoms. The first kappa shape index (κ1) is 19.8. The quantitative estimate of drug-likeness (QED) is 0.586. The van der Waals surface area contributed by atoms with Crippen molar-refractivity contribution < 1.29 is 29.6 Å². The van der Waals surface area contributed by atoms with Crippen molar-refractivity contribution in [2.75, 3.05) is 13.7 Å². The Morgan fingerprint density at radius 3 is 2.58 bits per heavy atom. The van der Waals surface area contributed by atoms with E-state index in [2.05, 4.69) is 5.32 Å². The zero-order chi connectivity index (χ0) is 19.1. The van der Waals surface area contributed by atoms with Crippen LogP contribution in [0.1, 0.15) is 17.2 Å². The van der Waals surface area contributed by atoms with Gasteiger partial charge in [0.15, 0.2) is 11.5 Å². The number of carbonyl (C=O) groups excluding carboxylic acids is 1. The van der Waals surface area contributed by atoms with Gasteiger partial charge in [-0.2, -0.15) is 0 Å². The summed E-state index contributed by atoms with van der Waals surface area (Å²) in [6.07, 6.45) is -3.39. The van der Waals surface area contributed by atoms with Crippen molar-refractivity contribution in [2.45, 2.75) is 18.8 Å². The minimum Gasteiger partial charge on any atom is -0.503 e. The molecule has 0 heterocycles. The molecule has 2 aromatic rings. The van der Waals surface area contributed by atoms with Gasteiger partial charge in [0.05, 0.1) is 12.1 Å². The predicted octanol–water partition coefficient (Wildman–Crippen LogP) is 2.37. The van der Waals surface area contributed by atoms with Gasteiger partial charge < -0.3 is 30.1 Å². The van der Waals surface area contributed by atoms with Crippen molar-refractivity contribution in [1.29, 1.82) is 0 Å². The van der Waals surface area contributed by atoms with E-state index in [-0.39, 0.29) is 35.2 Å². The van der Waals surface area contributed by atoms with Gasteiger partial charge in [-0.15, -0.1) is 0 Å². The Kier molecular flexibility index (Phi) is 7.08. The van der Waals surface area contributed by atoms with Gasteiger partial charge in [0.1, 0.15) is 18.8 Å². The summed E-state index contributed by atoms with van der Waals surface area (Å²) in [5.41, 5.74) is 1.06. The van der Waals surface area contributed by atoms with E-state index in [1.165, 1.54) is 19.2 Å². The number of ether oxygens (including phenoxy) is 2. The van der Waals surface area contributed by atoms with Gasteiger partial charge in [-0.05, 0) is 23.3 Å². The zero-order valence-corrected chi connectivity index (χ0v) is 14.8. The lowest BCUT2D eigenvalue weighted by atomic mass is 10.0. The van der Waals surface area contributed by atoms with Crippen LogP contribution >= 0.6 is 11.6 Å². The largest absolute Gasteiger partial charge is 0.503 e. The van der Waals surface area contributed by atoms with Crippen LogP contribution in [0.2, 0.25) is 5.02 Å².